The number of likely N-dealkylation sites (tertiary alicyclic amines) is 1. The minimum atomic E-state index is 0. The molecule has 1 heterocycles. The quantitative estimate of drug-likeness (QED) is 0.861. The highest BCUT2D eigenvalue weighted by Crippen LogP contribution is 2.26. The summed E-state index contributed by atoms with van der Waals surface area (Å²) < 4.78 is 0. The summed E-state index contributed by atoms with van der Waals surface area (Å²) in [4.78, 5) is 15.6. The molecule has 1 aromatic rings. The van der Waals surface area contributed by atoms with Gasteiger partial charge in [-0.15, -0.1) is 24.2 Å². The highest BCUT2D eigenvalue weighted by atomic mass is 35.5. The Morgan fingerprint density at radius 3 is 2.90 bits per heavy atom. The summed E-state index contributed by atoms with van der Waals surface area (Å²) >= 11 is 7.78. The van der Waals surface area contributed by atoms with Crippen molar-refractivity contribution >= 4 is 41.7 Å². The molecule has 0 radical (unpaired) electrons. The standard InChI is InChI=1S/C14H19ClN2OS.ClH/c1-19-11-5-6-13(15)12(8-11)14(18)17-7-3-2-4-10(17)9-16;/h5-6,8,10H,2-4,7,9,16H2,1H3;1H. The van der Waals surface area contributed by atoms with Crippen molar-refractivity contribution in [2.45, 2.75) is 30.2 Å². The van der Waals surface area contributed by atoms with Crippen molar-refractivity contribution in [2.75, 3.05) is 19.3 Å². The van der Waals surface area contributed by atoms with Crippen molar-refractivity contribution in [3.63, 3.8) is 0 Å². The van der Waals surface area contributed by atoms with Gasteiger partial charge in [-0.25, -0.2) is 0 Å². The molecule has 0 bridgehead atoms. The second kappa shape index (κ2) is 8.13. The van der Waals surface area contributed by atoms with E-state index < -0.39 is 0 Å². The maximum atomic E-state index is 12.6. The number of carbonyl (C=O) groups is 1. The first-order valence-electron chi connectivity index (χ1n) is 6.52. The highest BCUT2D eigenvalue weighted by Gasteiger charge is 2.27. The van der Waals surface area contributed by atoms with E-state index >= 15 is 0 Å². The molecular formula is C14H20Cl2N2OS. The van der Waals surface area contributed by atoms with Gasteiger partial charge in [-0.3, -0.25) is 4.79 Å². The van der Waals surface area contributed by atoms with Crippen LogP contribution in [0.25, 0.3) is 0 Å². The number of benzene rings is 1. The van der Waals surface area contributed by atoms with E-state index in [1.165, 1.54) is 0 Å². The first kappa shape index (κ1) is 17.6. The van der Waals surface area contributed by atoms with Crippen LogP contribution >= 0.6 is 35.8 Å². The summed E-state index contributed by atoms with van der Waals surface area (Å²) in [5.41, 5.74) is 6.36. The zero-order valence-electron chi connectivity index (χ0n) is 11.5. The summed E-state index contributed by atoms with van der Waals surface area (Å²) in [6.45, 7) is 1.30. The van der Waals surface area contributed by atoms with Crippen LogP contribution in [0.3, 0.4) is 0 Å². The molecule has 20 heavy (non-hydrogen) atoms. The van der Waals surface area contributed by atoms with E-state index in [1.54, 1.807) is 17.8 Å². The smallest absolute Gasteiger partial charge is 0.255 e. The van der Waals surface area contributed by atoms with Crippen LogP contribution in [0, 0.1) is 0 Å². The number of halogens is 2. The minimum Gasteiger partial charge on any atom is -0.334 e. The summed E-state index contributed by atoms with van der Waals surface area (Å²) in [5, 5.41) is 0.518. The van der Waals surface area contributed by atoms with E-state index in [0.717, 1.165) is 30.7 Å². The number of hydrogen-bond acceptors (Lipinski definition) is 3. The van der Waals surface area contributed by atoms with Crippen LogP contribution in [-0.4, -0.2) is 36.2 Å². The monoisotopic (exact) mass is 334 g/mol. The van der Waals surface area contributed by atoms with Crippen molar-refractivity contribution in [1.82, 2.24) is 4.90 Å². The Morgan fingerprint density at radius 1 is 1.50 bits per heavy atom. The van der Waals surface area contributed by atoms with Crippen LogP contribution in [-0.2, 0) is 0 Å². The van der Waals surface area contributed by atoms with E-state index in [1.807, 2.05) is 23.3 Å². The fourth-order valence-electron chi connectivity index (χ4n) is 2.46. The number of hydrogen-bond donors (Lipinski definition) is 1. The zero-order chi connectivity index (χ0) is 13.8. The van der Waals surface area contributed by atoms with E-state index in [2.05, 4.69) is 0 Å². The van der Waals surface area contributed by atoms with Crippen molar-refractivity contribution in [1.29, 1.82) is 0 Å². The lowest BCUT2D eigenvalue weighted by Gasteiger charge is -2.35. The molecule has 1 fully saturated rings. The average Bonchev–Trinajstić information content (AvgIpc) is 2.47. The van der Waals surface area contributed by atoms with Crippen molar-refractivity contribution in [3.05, 3.63) is 28.8 Å². The Labute approximate surface area is 135 Å². The number of rotatable bonds is 3. The normalized spacial score (nSPS) is 18.6. The van der Waals surface area contributed by atoms with Gasteiger partial charge in [0.15, 0.2) is 0 Å². The molecular weight excluding hydrogens is 315 g/mol. The van der Waals surface area contributed by atoms with Crippen LogP contribution in [0.1, 0.15) is 29.6 Å². The molecule has 3 nitrogen and oxygen atoms in total. The molecule has 0 aliphatic carbocycles. The topological polar surface area (TPSA) is 46.3 Å². The first-order valence-corrected chi connectivity index (χ1v) is 8.12. The van der Waals surface area contributed by atoms with Crippen molar-refractivity contribution in [3.8, 4) is 0 Å². The highest BCUT2D eigenvalue weighted by molar-refractivity contribution is 7.98. The predicted molar refractivity (Wildman–Crippen MR) is 88.2 cm³/mol. The molecule has 0 aromatic heterocycles. The molecule has 2 N–H and O–H groups in total. The van der Waals surface area contributed by atoms with E-state index in [-0.39, 0.29) is 24.4 Å². The SMILES string of the molecule is CSc1ccc(Cl)c(C(=O)N2CCCCC2CN)c1.Cl. The molecule has 1 atom stereocenters. The van der Waals surface area contributed by atoms with Gasteiger partial charge in [0.2, 0.25) is 0 Å². The van der Waals surface area contributed by atoms with Gasteiger partial charge in [0, 0.05) is 24.0 Å². The van der Waals surface area contributed by atoms with Crippen molar-refractivity contribution in [2.24, 2.45) is 5.73 Å². The molecule has 1 amide bonds. The van der Waals surface area contributed by atoms with E-state index in [4.69, 9.17) is 17.3 Å². The molecule has 1 unspecified atom stereocenters. The molecule has 0 saturated carbocycles. The van der Waals surface area contributed by atoms with Crippen LogP contribution in [0.5, 0.6) is 0 Å². The van der Waals surface area contributed by atoms with E-state index in [9.17, 15) is 4.79 Å². The predicted octanol–water partition coefficient (Wildman–Crippen LogP) is 3.44. The number of carbonyl (C=O) groups excluding carboxylic acids is 1. The second-order valence-electron chi connectivity index (χ2n) is 4.73. The van der Waals surface area contributed by atoms with Gasteiger partial charge < -0.3 is 10.6 Å². The molecule has 1 saturated heterocycles. The van der Waals surface area contributed by atoms with Gasteiger partial charge >= 0.3 is 0 Å². The van der Waals surface area contributed by atoms with Crippen molar-refractivity contribution < 1.29 is 4.79 Å². The summed E-state index contributed by atoms with van der Waals surface area (Å²) in [5.74, 6) is 0.0102. The Hall–Kier alpha value is -0.420. The number of thioether (sulfide) groups is 1. The third-order valence-corrected chi connectivity index (χ3v) is 4.62. The van der Waals surface area contributed by atoms with Gasteiger partial charge in [0.1, 0.15) is 0 Å². The third kappa shape index (κ3) is 3.82. The Bertz CT molecular complexity index is 470. The van der Waals surface area contributed by atoms with Gasteiger partial charge in [-0.05, 0) is 43.7 Å². The molecule has 1 aliphatic heterocycles. The Balaban J connectivity index is 0.00000200. The number of piperidine rings is 1. The van der Waals surface area contributed by atoms with Crippen LogP contribution in [0.2, 0.25) is 5.02 Å². The van der Waals surface area contributed by atoms with Gasteiger partial charge in [0.05, 0.1) is 10.6 Å². The summed E-state index contributed by atoms with van der Waals surface area (Å²) in [6.07, 6.45) is 5.16. The Morgan fingerprint density at radius 2 is 2.25 bits per heavy atom. The van der Waals surface area contributed by atoms with Crippen LogP contribution < -0.4 is 5.73 Å². The first-order chi connectivity index (χ1) is 9.17. The average molecular weight is 335 g/mol. The summed E-state index contributed by atoms with van der Waals surface area (Å²) in [7, 11) is 0. The Kier molecular flexibility index (Phi) is 7.17. The lowest BCUT2D eigenvalue weighted by atomic mass is 10.0. The lowest BCUT2D eigenvalue weighted by Crippen LogP contribution is -2.47. The fraction of sp³-hybridized carbons (Fsp3) is 0.500. The largest absolute Gasteiger partial charge is 0.334 e. The number of nitrogens with zero attached hydrogens (tertiary/aromatic N) is 1. The van der Waals surface area contributed by atoms with Gasteiger partial charge in [-0.1, -0.05) is 11.6 Å². The van der Waals surface area contributed by atoms with Gasteiger partial charge in [-0.2, -0.15) is 0 Å². The maximum absolute atomic E-state index is 12.6. The lowest BCUT2D eigenvalue weighted by molar-refractivity contribution is 0.0623. The van der Waals surface area contributed by atoms with E-state index in [0.29, 0.717) is 17.1 Å². The maximum Gasteiger partial charge on any atom is 0.255 e. The summed E-state index contributed by atoms with van der Waals surface area (Å²) in [6, 6.07) is 5.75. The minimum absolute atomic E-state index is 0. The van der Waals surface area contributed by atoms with Gasteiger partial charge in [0.25, 0.3) is 5.91 Å². The molecule has 1 aliphatic rings. The van der Waals surface area contributed by atoms with Crippen LogP contribution in [0.15, 0.2) is 23.1 Å². The molecule has 2 rings (SSSR count). The number of amides is 1. The van der Waals surface area contributed by atoms with Crippen LogP contribution in [0.4, 0.5) is 0 Å². The zero-order valence-corrected chi connectivity index (χ0v) is 13.9. The fourth-order valence-corrected chi connectivity index (χ4v) is 3.10. The molecule has 1 aromatic carbocycles. The second-order valence-corrected chi connectivity index (χ2v) is 6.02. The number of nitrogens with two attached hydrogens (primary N) is 1. The molecule has 6 heteroatoms. The molecule has 112 valence electrons. The third-order valence-electron chi connectivity index (χ3n) is 3.56. The molecule has 0 spiro atoms.